The fourth-order valence-corrected chi connectivity index (χ4v) is 2.18. The van der Waals surface area contributed by atoms with Crippen LogP contribution in [0.25, 0.3) is 0 Å². The maximum Gasteiger partial charge on any atom is 0.317 e. The number of rotatable bonds is 5. The molecule has 1 aromatic rings. The lowest BCUT2D eigenvalue weighted by atomic mass is 9.98. The zero-order valence-electron chi connectivity index (χ0n) is 12.2. The van der Waals surface area contributed by atoms with Crippen LogP contribution in [0.4, 0.5) is 5.69 Å². The Labute approximate surface area is 118 Å². The van der Waals surface area contributed by atoms with Crippen LogP contribution >= 0.6 is 0 Å². The molecule has 0 heterocycles. The second-order valence-corrected chi connectivity index (χ2v) is 5.72. The minimum Gasteiger partial charge on any atom is -0.480 e. The lowest BCUT2D eigenvalue weighted by molar-refractivity contribution is -0.385. The Kier molecular flexibility index (Phi) is 4.83. The van der Waals surface area contributed by atoms with Gasteiger partial charge >= 0.3 is 5.97 Å². The first-order chi connectivity index (χ1) is 9.12. The summed E-state index contributed by atoms with van der Waals surface area (Å²) in [5.41, 5.74) is 0.386. The van der Waals surface area contributed by atoms with E-state index in [0.29, 0.717) is 0 Å². The summed E-state index contributed by atoms with van der Waals surface area (Å²) in [6.45, 7) is 7.50. The Morgan fingerprint density at radius 2 is 2.05 bits per heavy atom. The lowest BCUT2D eigenvalue weighted by Gasteiger charge is -2.39. The molecule has 110 valence electrons. The van der Waals surface area contributed by atoms with Crippen LogP contribution in [-0.4, -0.2) is 33.0 Å². The van der Waals surface area contributed by atoms with Gasteiger partial charge in [0.25, 0.3) is 5.69 Å². The molecule has 0 aliphatic rings. The molecule has 0 spiro atoms. The molecule has 0 aromatic heterocycles. The summed E-state index contributed by atoms with van der Waals surface area (Å²) in [6.07, 6.45) is 0. The van der Waals surface area contributed by atoms with Gasteiger partial charge in [0.1, 0.15) is 0 Å². The number of hydrogen-bond donors (Lipinski definition) is 1. The Hall–Kier alpha value is -1.95. The third-order valence-electron chi connectivity index (χ3n) is 3.20. The Morgan fingerprint density at radius 1 is 1.45 bits per heavy atom. The van der Waals surface area contributed by atoms with Crippen molar-refractivity contribution in [1.29, 1.82) is 0 Å². The van der Waals surface area contributed by atoms with Crippen molar-refractivity contribution in [3.05, 3.63) is 39.9 Å². The number of carboxylic acids is 1. The SMILES string of the molecule is CC(c1cccc([N+](=O)[O-])c1)N(CC(=O)O)C(C)(C)C. The molecule has 6 heteroatoms. The van der Waals surface area contributed by atoms with Crippen LogP contribution < -0.4 is 0 Å². The smallest absolute Gasteiger partial charge is 0.317 e. The summed E-state index contributed by atoms with van der Waals surface area (Å²) in [4.78, 5) is 23.2. The number of aliphatic carboxylic acids is 1. The third kappa shape index (κ3) is 4.03. The standard InChI is InChI=1S/C14H20N2O4/c1-10(15(9-13(17)18)14(2,3)4)11-6-5-7-12(8-11)16(19)20/h5-8,10H,9H2,1-4H3,(H,17,18). The van der Waals surface area contributed by atoms with Crippen LogP contribution in [0, 0.1) is 10.1 Å². The summed E-state index contributed by atoms with van der Waals surface area (Å²) in [7, 11) is 0. The number of hydrogen-bond acceptors (Lipinski definition) is 4. The highest BCUT2D eigenvalue weighted by molar-refractivity contribution is 5.69. The first-order valence-electron chi connectivity index (χ1n) is 6.36. The molecule has 1 atom stereocenters. The summed E-state index contributed by atoms with van der Waals surface area (Å²) in [6, 6.07) is 6.08. The first-order valence-corrected chi connectivity index (χ1v) is 6.36. The van der Waals surface area contributed by atoms with Crippen molar-refractivity contribution >= 4 is 11.7 Å². The van der Waals surface area contributed by atoms with Gasteiger partial charge in [-0.3, -0.25) is 19.8 Å². The molecule has 0 aliphatic carbocycles. The maximum atomic E-state index is 11.0. The highest BCUT2D eigenvalue weighted by Gasteiger charge is 2.29. The molecule has 6 nitrogen and oxygen atoms in total. The van der Waals surface area contributed by atoms with Gasteiger partial charge in [0.15, 0.2) is 0 Å². The summed E-state index contributed by atoms with van der Waals surface area (Å²) < 4.78 is 0. The predicted octanol–water partition coefficient (Wildman–Crippen LogP) is 2.84. The quantitative estimate of drug-likeness (QED) is 0.662. The van der Waals surface area contributed by atoms with E-state index >= 15 is 0 Å². The van der Waals surface area contributed by atoms with Crippen molar-refractivity contribution in [2.45, 2.75) is 39.3 Å². The summed E-state index contributed by atoms with van der Waals surface area (Å²) in [5, 5.41) is 19.9. The van der Waals surface area contributed by atoms with E-state index in [1.807, 2.05) is 27.7 Å². The Bertz CT molecular complexity index is 508. The van der Waals surface area contributed by atoms with Gasteiger partial charge in [-0.2, -0.15) is 0 Å². The van der Waals surface area contributed by atoms with Crippen LogP contribution in [0.1, 0.15) is 39.3 Å². The van der Waals surface area contributed by atoms with E-state index in [9.17, 15) is 14.9 Å². The average molecular weight is 280 g/mol. The molecule has 1 rings (SSSR count). The van der Waals surface area contributed by atoms with Crippen LogP contribution in [0.5, 0.6) is 0 Å². The number of nitrogens with zero attached hydrogens (tertiary/aromatic N) is 2. The molecule has 0 radical (unpaired) electrons. The molecule has 0 saturated carbocycles. The van der Waals surface area contributed by atoms with E-state index in [1.165, 1.54) is 12.1 Å². The number of non-ortho nitro benzene ring substituents is 1. The van der Waals surface area contributed by atoms with Crippen molar-refractivity contribution < 1.29 is 14.8 Å². The van der Waals surface area contributed by atoms with Crippen molar-refractivity contribution in [2.24, 2.45) is 0 Å². The fraction of sp³-hybridized carbons (Fsp3) is 0.500. The van der Waals surface area contributed by atoms with Crippen LogP contribution in [0.15, 0.2) is 24.3 Å². The molecule has 20 heavy (non-hydrogen) atoms. The second kappa shape index (κ2) is 6.00. The van der Waals surface area contributed by atoms with Gasteiger partial charge < -0.3 is 5.11 Å². The molecule has 0 aliphatic heterocycles. The monoisotopic (exact) mass is 280 g/mol. The molecule has 1 unspecified atom stereocenters. The van der Waals surface area contributed by atoms with Crippen molar-refractivity contribution in [1.82, 2.24) is 4.90 Å². The zero-order chi connectivity index (χ0) is 15.5. The third-order valence-corrected chi connectivity index (χ3v) is 3.20. The molecule has 1 aromatic carbocycles. The van der Waals surface area contributed by atoms with Crippen LogP contribution in [-0.2, 0) is 4.79 Å². The molecule has 0 saturated heterocycles. The van der Waals surface area contributed by atoms with Gasteiger partial charge in [-0.15, -0.1) is 0 Å². The van der Waals surface area contributed by atoms with Gasteiger partial charge in [0, 0.05) is 23.7 Å². The summed E-state index contributed by atoms with van der Waals surface area (Å²) >= 11 is 0. The number of carboxylic acid groups (broad SMARTS) is 1. The number of carbonyl (C=O) groups is 1. The first kappa shape index (κ1) is 16.1. The fourth-order valence-electron chi connectivity index (χ4n) is 2.18. The Morgan fingerprint density at radius 3 is 2.50 bits per heavy atom. The molecular formula is C14H20N2O4. The predicted molar refractivity (Wildman–Crippen MR) is 75.6 cm³/mol. The molecule has 0 fully saturated rings. The number of benzene rings is 1. The highest BCUT2D eigenvalue weighted by Crippen LogP contribution is 2.29. The summed E-state index contributed by atoms with van der Waals surface area (Å²) in [5.74, 6) is -0.919. The van der Waals surface area contributed by atoms with E-state index in [2.05, 4.69) is 0 Å². The van der Waals surface area contributed by atoms with Crippen LogP contribution in [0.3, 0.4) is 0 Å². The van der Waals surface area contributed by atoms with Gasteiger partial charge in [0.05, 0.1) is 11.5 Å². The van der Waals surface area contributed by atoms with Gasteiger partial charge in [-0.25, -0.2) is 0 Å². The Balaban J connectivity index is 3.11. The zero-order valence-corrected chi connectivity index (χ0v) is 12.2. The average Bonchev–Trinajstić information content (AvgIpc) is 2.33. The van der Waals surface area contributed by atoms with Gasteiger partial charge in [0.2, 0.25) is 0 Å². The van der Waals surface area contributed by atoms with E-state index in [4.69, 9.17) is 5.11 Å². The normalized spacial score (nSPS) is 13.2. The van der Waals surface area contributed by atoms with E-state index < -0.39 is 10.9 Å². The van der Waals surface area contributed by atoms with Crippen molar-refractivity contribution in [3.8, 4) is 0 Å². The lowest BCUT2D eigenvalue weighted by Crippen LogP contribution is -2.45. The largest absolute Gasteiger partial charge is 0.480 e. The van der Waals surface area contributed by atoms with Crippen molar-refractivity contribution in [2.75, 3.05) is 6.54 Å². The molecule has 0 bridgehead atoms. The number of nitro benzene ring substituents is 1. The van der Waals surface area contributed by atoms with Gasteiger partial charge in [-0.05, 0) is 33.3 Å². The molecule has 1 N–H and O–H groups in total. The topological polar surface area (TPSA) is 83.7 Å². The second-order valence-electron chi connectivity index (χ2n) is 5.72. The van der Waals surface area contributed by atoms with E-state index in [1.54, 1.807) is 17.0 Å². The molecule has 0 amide bonds. The van der Waals surface area contributed by atoms with Gasteiger partial charge in [-0.1, -0.05) is 12.1 Å². The van der Waals surface area contributed by atoms with E-state index in [-0.39, 0.29) is 23.8 Å². The van der Waals surface area contributed by atoms with Crippen molar-refractivity contribution in [3.63, 3.8) is 0 Å². The highest BCUT2D eigenvalue weighted by atomic mass is 16.6. The number of nitro groups is 1. The molecular weight excluding hydrogens is 260 g/mol. The minimum atomic E-state index is -0.919. The maximum absolute atomic E-state index is 11.0. The minimum absolute atomic E-state index is 0.0125. The van der Waals surface area contributed by atoms with Crippen LogP contribution in [0.2, 0.25) is 0 Å². The van der Waals surface area contributed by atoms with E-state index in [0.717, 1.165) is 5.56 Å².